The summed E-state index contributed by atoms with van der Waals surface area (Å²) in [6.07, 6.45) is 8.31. The summed E-state index contributed by atoms with van der Waals surface area (Å²) in [6, 6.07) is 7.97. The zero-order valence-electron chi connectivity index (χ0n) is 17.2. The highest BCUT2D eigenvalue weighted by molar-refractivity contribution is 14.0. The molecule has 0 amide bonds. The van der Waals surface area contributed by atoms with Gasteiger partial charge in [-0.1, -0.05) is 25.0 Å². The summed E-state index contributed by atoms with van der Waals surface area (Å²) in [5.74, 6) is 0.681. The molecule has 1 aromatic carbocycles. The Hall–Kier alpha value is -1.62. The van der Waals surface area contributed by atoms with Gasteiger partial charge in [-0.3, -0.25) is 9.67 Å². The smallest absolute Gasteiger partial charge is 0.191 e. The van der Waals surface area contributed by atoms with Gasteiger partial charge < -0.3 is 10.6 Å². The van der Waals surface area contributed by atoms with E-state index in [0.29, 0.717) is 30.0 Å². The highest BCUT2D eigenvalue weighted by atomic mass is 127. The van der Waals surface area contributed by atoms with Crippen molar-refractivity contribution >= 4 is 39.8 Å². The Morgan fingerprint density at radius 3 is 2.52 bits per heavy atom. The number of aliphatic imine (C=N–C) groups is 1. The normalized spacial score (nSPS) is 15.2. The molecule has 29 heavy (non-hydrogen) atoms. The molecule has 0 radical (unpaired) electrons. The Balaban J connectivity index is 0.00000300. The van der Waals surface area contributed by atoms with Crippen molar-refractivity contribution in [3.8, 4) is 0 Å². The molecule has 0 aliphatic heterocycles. The van der Waals surface area contributed by atoms with Crippen molar-refractivity contribution in [2.45, 2.75) is 56.6 Å². The van der Waals surface area contributed by atoms with Crippen molar-refractivity contribution in [1.29, 1.82) is 0 Å². The number of aromatic nitrogens is 2. The summed E-state index contributed by atoms with van der Waals surface area (Å²) in [6.45, 7) is 2.97. The van der Waals surface area contributed by atoms with Crippen LogP contribution in [-0.4, -0.2) is 37.5 Å². The lowest BCUT2D eigenvalue weighted by Gasteiger charge is -2.13. The summed E-state index contributed by atoms with van der Waals surface area (Å²) in [5, 5.41) is 11.2. The van der Waals surface area contributed by atoms with Gasteiger partial charge in [-0.05, 0) is 43.0 Å². The lowest BCUT2D eigenvalue weighted by molar-refractivity contribution is 0.462. The third-order valence-corrected chi connectivity index (χ3v) is 6.38. The molecule has 1 heterocycles. The minimum Gasteiger partial charge on any atom is -0.352 e. The molecular weight excluding hydrogens is 501 g/mol. The first-order valence-electron chi connectivity index (χ1n) is 9.65. The highest BCUT2D eigenvalue weighted by Gasteiger charge is 2.17. The monoisotopic (exact) mass is 531 g/mol. The highest BCUT2D eigenvalue weighted by Crippen LogP contribution is 2.28. The van der Waals surface area contributed by atoms with Crippen molar-refractivity contribution in [1.82, 2.24) is 20.4 Å². The van der Waals surface area contributed by atoms with Gasteiger partial charge in [-0.15, -0.1) is 24.0 Å². The third-order valence-electron chi connectivity index (χ3n) is 5.12. The van der Waals surface area contributed by atoms with Gasteiger partial charge in [0.1, 0.15) is 0 Å². The fourth-order valence-electron chi connectivity index (χ4n) is 3.66. The maximum atomic E-state index is 11.7. The molecule has 0 spiro atoms. The number of hydrogen-bond acceptors (Lipinski definition) is 4. The zero-order chi connectivity index (χ0) is 20.1. The van der Waals surface area contributed by atoms with Gasteiger partial charge in [0.15, 0.2) is 15.8 Å². The van der Waals surface area contributed by atoms with Gasteiger partial charge in [0.05, 0.1) is 23.2 Å². The summed E-state index contributed by atoms with van der Waals surface area (Å²) >= 11 is 0. The summed E-state index contributed by atoms with van der Waals surface area (Å²) in [4.78, 5) is 4.62. The van der Waals surface area contributed by atoms with Crippen LogP contribution in [0.5, 0.6) is 0 Å². The van der Waals surface area contributed by atoms with Gasteiger partial charge in [0, 0.05) is 26.0 Å². The Bertz CT molecular complexity index is 950. The predicted octanol–water partition coefficient (Wildman–Crippen LogP) is 3.19. The van der Waals surface area contributed by atoms with Crippen LogP contribution in [-0.2, 0) is 22.9 Å². The van der Waals surface area contributed by atoms with Crippen molar-refractivity contribution in [2.24, 2.45) is 4.99 Å². The lowest BCUT2D eigenvalue weighted by Crippen LogP contribution is -2.36. The molecule has 1 aromatic heterocycles. The summed E-state index contributed by atoms with van der Waals surface area (Å²) in [7, 11) is -1.47. The van der Waals surface area contributed by atoms with Crippen LogP contribution < -0.4 is 10.6 Å². The van der Waals surface area contributed by atoms with Crippen LogP contribution in [0.4, 0.5) is 0 Å². The molecule has 2 aromatic rings. The van der Waals surface area contributed by atoms with E-state index in [1.807, 2.05) is 25.1 Å². The van der Waals surface area contributed by atoms with Gasteiger partial charge in [-0.25, -0.2) is 8.42 Å². The molecule has 1 saturated carbocycles. The Labute approximate surface area is 190 Å². The number of nitrogens with one attached hydrogen (secondary N) is 2. The van der Waals surface area contributed by atoms with Crippen LogP contribution in [0.2, 0.25) is 0 Å². The number of aryl methyl sites for hydroxylation is 1. The van der Waals surface area contributed by atoms with Crippen LogP contribution in [0.25, 0.3) is 0 Å². The van der Waals surface area contributed by atoms with Gasteiger partial charge >= 0.3 is 0 Å². The largest absolute Gasteiger partial charge is 0.352 e. The molecular formula is C20H30IN5O2S. The Morgan fingerprint density at radius 1 is 1.21 bits per heavy atom. The van der Waals surface area contributed by atoms with Gasteiger partial charge in [0.25, 0.3) is 0 Å². The van der Waals surface area contributed by atoms with Crippen LogP contribution in [0, 0.1) is 6.92 Å². The van der Waals surface area contributed by atoms with Crippen LogP contribution in [0.1, 0.15) is 48.5 Å². The van der Waals surface area contributed by atoms with Crippen LogP contribution in [0.3, 0.4) is 0 Å². The Morgan fingerprint density at radius 2 is 1.90 bits per heavy atom. The first kappa shape index (κ1) is 23.7. The number of sulfone groups is 1. The number of rotatable bonds is 6. The fraction of sp³-hybridized carbons (Fsp3) is 0.500. The molecule has 0 atom stereocenters. The van der Waals surface area contributed by atoms with E-state index >= 15 is 0 Å². The molecule has 0 saturated heterocycles. The molecule has 3 rings (SSSR count). The molecule has 7 nitrogen and oxygen atoms in total. The average Bonchev–Trinajstić information content (AvgIpc) is 3.32. The molecule has 0 bridgehead atoms. The molecule has 2 N–H and O–H groups in total. The van der Waals surface area contributed by atoms with Gasteiger partial charge in [0.2, 0.25) is 0 Å². The van der Waals surface area contributed by atoms with Crippen molar-refractivity contribution in [3.05, 3.63) is 47.3 Å². The van der Waals surface area contributed by atoms with Crippen molar-refractivity contribution in [3.63, 3.8) is 0 Å². The topological polar surface area (TPSA) is 88.4 Å². The molecule has 1 fully saturated rings. The number of halogens is 1. The minimum atomic E-state index is -3.20. The first-order valence-corrected chi connectivity index (χ1v) is 11.5. The molecule has 9 heteroatoms. The third kappa shape index (κ3) is 6.43. The van der Waals surface area contributed by atoms with E-state index in [9.17, 15) is 8.42 Å². The van der Waals surface area contributed by atoms with E-state index in [1.165, 1.54) is 31.9 Å². The van der Waals surface area contributed by atoms with Crippen LogP contribution >= 0.6 is 24.0 Å². The van der Waals surface area contributed by atoms with E-state index in [4.69, 9.17) is 0 Å². The number of nitrogens with zero attached hydrogens (tertiary/aromatic N) is 3. The van der Waals surface area contributed by atoms with Crippen molar-refractivity contribution in [2.75, 3.05) is 13.3 Å². The molecule has 0 unspecified atom stereocenters. The quantitative estimate of drug-likeness (QED) is 0.340. The van der Waals surface area contributed by atoms with Gasteiger partial charge in [-0.2, -0.15) is 5.10 Å². The maximum Gasteiger partial charge on any atom is 0.191 e. The predicted molar refractivity (Wildman–Crippen MR) is 126 cm³/mol. The van der Waals surface area contributed by atoms with E-state index in [2.05, 4.69) is 31.6 Å². The van der Waals surface area contributed by atoms with E-state index in [-0.39, 0.29) is 24.0 Å². The number of hydrogen-bond donors (Lipinski definition) is 2. The van der Waals surface area contributed by atoms with Crippen molar-refractivity contribution < 1.29 is 8.42 Å². The lowest BCUT2D eigenvalue weighted by atomic mass is 10.1. The summed E-state index contributed by atoms with van der Waals surface area (Å²) < 4.78 is 25.6. The minimum absolute atomic E-state index is 0. The number of guanidine groups is 1. The van der Waals surface area contributed by atoms with E-state index in [0.717, 1.165) is 16.8 Å². The fourth-order valence-corrected chi connectivity index (χ4v) is 4.62. The molecule has 1 aliphatic rings. The maximum absolute atomic E-state index is 11.7. The Kier molecular flexibility index (Phi) is 8.50. The van der Waals surface area contributed by atoms with E-state index < -0.39 is 9.84 Å². The van der Waals surface area contributed by atoms with E-state index in [1.54, 1.807) is 13.1 Å². The average molecular weight is 531 g/mol. The first-order chi connectivity index (χ1) is 13.4. The number of benzene rings is 1. The second-order valence-corrected chi connectivity index (χ2v) is 9.36. The molecule has 1 aliphatic carbocycles. The SMILES string of the molecule is CN=C(NCc1ccc(S(C)(=O)=O)c(C)c1)NCc1ccn(C2CCCC2)n1.I. The summed E-state index contributed by atoms with van der Waals surface area (Å²) in [5.41, 5.74) is 2.74. The standard InChI is InChI=1S/C20H29N5O2S.HI/c1-15-12-16(8-9-19(15)28(3,26)27)13-22-20(21-2)23-14-17-10-11-25(24-17)18-6-4-5-7-18;/h8-12,18H,4-7,13-14H2,1-3H3,(H2,21,22,23);1H. The molecule has 160 valence electrons. The second kappa shape index (κ2) is 10.4. The second-order valence-electron chi connectivity index (χ2n) is 7.38. The van der Waals surface area contributed by atoms with Crippen LogP contribution in [0.15, 0.2) is 40.4 Å². The zero-order valence-corrected chi connectivity index (χ0v) is 20.3.